The van der Waals surface area contributed by atoms with Crippen molar-refractivity contribution >= 4 is 0 Å². The van der Waals surface area contributed by atoms with Gasteiger partial charge < -0.3 is 9.80 Å². The summed E-state index contributed by atoms with van der Waals surface area (Å²) >= 11 is 0. The molecule has 0 aromatic rings. The first kappa shape index (κ1) is 12.4. The van der Waals surface area contributed by atoms with Gasteiger partial charge in [0.1, 0.15) is 0 Å². The minimum atomic E-state index is 0.896. The highest BCUT2D eigenvalue weighted by Crippen LogP contribution is 2.29. The lowest BCUT2D eigenvalue weighted by Gasteiger charge is -2.43. The number of piperidine rings is 2. The van der Waals surface area contributed by atoms with Gasteiger partial charge in [0, 0.05) is 12.6 Å². The maximum Gasteiger partial charge on any atom is 0.0136 e. The quantitative estimate of drug-likeness (QED) is 0.727. The number of nitrogens with zero attached hydrogens (tertiary/aromatic N) is 2. The minimum absolute atomic E-state index is 0.896. The van der Waals surface area contributed by atoms with Crippen molar-refractivity contribution in [3.05, 3.63) is 0 Å². The van der Waals surface area contributed by atoms with E-state index in [0.717, 1.165) is 12.0 Å². The molecule has 2 aliphatic heterocycles. The zero-order valence-corrected chi connectivity index (χ0v) is 11.1. The predicted octanol–water partition coefficient (Wildman–Crippen LogP) is 2.59. The molecule has 2 nitrogen and oxygen atoms in total. The topological polar surface area (TPSA) is 6.48 Å². The lowest BCUT2D eigenvalue weighted by atomic mass is 9.84. The van der Waals surface area contributed by atoms with Crippen molar-refractivity contribution in [3.8, 4) is 0 Å². The highest BCUT2D eigenvalue weighted by atomic mass is 15.2. The molecule has 0 aliphatic carbocycles. The van der Waals surface area contributed by atoms with E-state index >= 15 is 0 Å². The zero-order chi connectivity index (χ0) is 11.4. The van der Waals surface area contributed by atoms with Crippen LogP contribution in [0.5, 0.6) is 0 Å². The third kappa shape index (κ3) is 2.78. The van der Waals surface area contributed by atoms with E-state index in [4.69, 9.17) is 0 Å². The van der Waals surface area contributed by atoms with Crippen LogP contribution in [0, 0.1) is 5.92 Å². The summed E-state index contributed by atoms with van der Waals surface area (Å²) in [6, 6.07) is 0.896. The van der Waals surface area contributed by atoms with E-state index in [2.05, 4.69) is 23.6 Å². The van der Waals surface area contributed by atoms with Crippen LogP contribution >= 0.6 is 0 Å². The number of rotatable bonds is 3. The first-order chi connectivity index (χ1) is 7.85. The van der Waals surface area contributed by atoms with Crippen LogP contribution in [-0.4, -0.2) is 48.6 Å². The molecule has 2 heterocycles. The SMILES string of the molecule is CCN1CCCC(C2CCCCN2CC)C1. The number of hydrogen-bond acceptors (Lipinski definition) is 2. The predicted molar refractivity (Wildman–Crippen MR) is 69.7 cm³/mol. The second-order valence-electron chi connectivity index (χ2n) is 5.49. The average molecular weight is 224 g/mol. The Hall–Kier alpha value is -0.0800. The van der Waals surface area contributed by atoms with Gasteiger partial charge in [-0.2, -0.15) is 0 Å². The lowest BCUT2D eigenvalue weighted by Crippen LogP contribution is -2.49. The van der Waals surface area contributed by atoms with Gasteiger partial charge >= 0.3 is 0 Å². The molecule has 2 fully saturated rings. The molecule has 0 radical (unpaired) electrons. The van der Waals surface area contributed by atoms with Crippen LogP contribution in [0.15, 0.2) is 0 Å². The van der Waals surface area contributed by atoms with E-state index < -0.39 is 0 Å². The molecule has 16 heavy (non-hydrogen) atoms. The Balaban J connectivity index is 1.93. The molecule has 94 valence electrons. The fourth-order valence-electron chi connectivity index (χ4n) is 3.64. The summed E-state index contributed by atoms with van der Waals surface area (Å²) in [6.07, 6.45) is 7.23. The van der Waals surface area contributed by atoms with E-state index in [0.29, 0.717) is 0 Å². The van der Waals surface area contributed by atoms with Gasteiger partial charge in [0.05, 0.1) is 0 Å². The van der Waals surface area contributed by atoms with Crippen molar-refractivity contribution in [2.75, 3.05) is 32.7 Å². The first-order valence-corrected chi connectivity index (χ1v) is 7.31. The van der Waals surface area contributed by atoms with Crippen molar-refractivity contribution in [3.63, 3.8) is 0 Å². The molecule has 0 aromatic carbocycles. The van der Waals surface area contributed by atoms with Gasteiger partial charge in [0.15, 0.2) is 0 Å². The summed E-state index contributed by atoms with van der Waals surface area (Å²) in [6.45, 7) is 11.2. The van der Waals surface area contributed by atoms with E-state index in [9.17, 15) is 0 Å². The largest absolute Gasteiger partial charge is 0.303 e. The molecule has 2 rings (SSSR count). The minimum Gasteiger partial charge on any atom is -0.303 e. The maximum absolute atomic E-state index is 2.74. The highest BCUT2D eigenvalue weighted by molar-refractivity contribution is 4.86. The standard InChI is InChI=1S/C14H28N2/c1-3-15-10-7-8-13(12-15)14-9-5-6-11-16(14)4-2/h13-14H,3-12H2,1-2H3. The van der Waals surface area contributed by atoms with E-state index in [1.165, 1.54) is 64.8 Å². The summed E-state index contributed by atoms with van der Waals surface area (Å²) in [4.78, 5) is 5.39. The summed E-state index contributed by atoms with van der Waals surface area (Å²) in [5.74, 6) is 0.953. The second kappa shape index (κ2) is 6.02. The summed E-state index contributed by atoms with van der Waals surface area (Å²) in [5, 5.41) is 0. The highest BCUT2D eigenvalue weighted by Gasteiger charge is 2.31. The fraction of sp³-hybridized carbons (Fsp3) is 1.00. The van der Waals surface area contributed by atoms with Crippen LogP contribution in [0.3, 0.4) is 0 Å². The van der Waals surface area contributed by atoms with Gasteiger partial charge in [-0.3, -0.25) is 0 Å². The third-order valence-corrected chi connectivity index (χ3v) is 4.60. The van der Waals surface area contributed by atoms with Crippen molar-refractivity contribution in [1.29, 1.82) is 0 Å². The summed E-state index contributed by atoms with van der Waals surface area (Å²) < 4.78 is 0. The van der Waals surface area contributed by atoms with Gasteiger partial charge in [-0.15, -0.1) is 0 Å². The van der Waals surface area contributed by atoms with Gasteiger partial charge in [-0.05, 0) is 57.8 Å². The van der Waals surface area contributed by atoms with Crippen LogP contribution in [0.4, 0.5) is 0 Å². The Morgan fingerprint density at radius 2 is 1.81 bits per heavy atom. The first-order valence-electron chi connectivity index (χ1n) is 7.31. The van der Waals surface area contributed by atoms with Gasteiger partial charge in [0.25, 0.3) is 0 Å². The molecular formula is C14H28N2. The lowest BCUT2D eigenvalue weighted by molar-refractivity contribution is 0.0585. The monoisotopic (exact) mass is 224 g/mol. The van der Waals surface area contributed by atoms with Crippen molar-refractivity contribution < 1.29 is 0 Å². The smallest absolute Gasteiger partial charge is 0.0136 e. The summed E-state index contributed by atoms with van der Waals surface area (Å²) in [5.41, 5.74) is 0. The van der Waals surface area contributed by atoms with Crippen LogP contribution in [0.1, 0.15) is 46.0 Å². The molecule has 2 atom stereocenters. The van der Waals surface area contributed by atoms with Crippen molar-refractivity contribution in [2.45, 2.75) is 52.0 Å². The molecule has 2 aliphatic rings. The van der Waals surface area contributed by atoms with E-state index in [1.807, 2.05) is 0 Å². The second-order valence-corrected chi connectivity index (χ2v) is 5.49. The summed E-state index contributed by atoms with van der Waals surface area (Å²) in [7, 11) is 0. The normalized spacial score (nSPS) is 34.1. The average Bonchev–Trinajstić information content (AvgIpc) is 2.38. The number of hydrogen-bond donors (Lipinski definition) is 0. The van der Waals surface area contributed by atoms with Crippen LogP contribution in [0.2, 0.25) is 0 Å². The molecule has 0 bridgehead atoms. The Bertz CT molecular complexity index is 205. The third-order valence-electron chi connectivity index (χ3n) is 4.60. The molecule has 2 unspecified atom stereocenters. The van der Waals surface area contributed by atoms with Gasteiger partial charge in [-0.1, -0.05) is 20.3 Å². The zero-order valence-electron chi connectivity index (χ0n) is 11.1. The maximum atomic E-state index is 2.74. The molecule has 2 saturated heterocycles. The van der Waals surface area contributed by atoms with Gasteiger partial charge in [0.2, 0.25) is 0 Å². The molecule has 0 aromatic heterocycles. The Labute approximate surface area is 101 Å². The van der Waals surface area contributed by atoms with Crippen LogP contribution < -0.4 is 0 Å². The fourth-order valence-corrected chi connectivity index (χ4v) is 3.64. The molecule has 0 N–H and O–H groups in total. The van der Waals surface area contributed by atoms with E-state index in [1.54, 1.807) is 0 Å². The van der Waals surface area contributed by atoms with Gasteiger partial charge in [-0.25, -0.2) is 0 Å². The number of likely N-dealkylation sites (tertiary alicyclic amines) is 2. The van der Waals surface area contributed by atoms with Crippen molar-refractivity contribution in [1.82, 2.24) is 9.80 Å². The molecule has 0 saturated carbocycles. The molecule has 0 amide bonds. The van der Waals surface area contributed by atoms with Crippen molar-refractivity contribution in [2.24, 2.45) is 5.92 Å². The Morgan fingerprint density at radius 1 is 0.938 bits per heavy atom. The van der Waals surface area contributed by atoms with Crippen LogP contribution in [0.25, 0.3) is 0 Å². The Kier molecular flexibility index (Phi) is 4.66. The van der Waals surface area contributed by atoms with Crippen LogP contribution in [-0.2, 0) is 0 Å². The molecule has 0 spiro atoms. The molecule has 2 heteroatoms. The Morgan fingerprint density at radius 3 is 2.56 bits per heavy atom. The van der Waals surface area contributed by atoms with E-state index in [-0.39, 0.29) is 0 Å². The molecular weight excluding hydrogens is 196 g/mol.